The van der Waals surface area contributed by atoms with Crippen molar-refractivity contribution < 1.29 is 19.1 Å². The molecule has 0 bridgehead atoms. The highest BCUT2D eigenvalue weighted by Crippen LogP contribution is 2.10. The molecule has 0 saturated heterocycles. The minimum atomic E-state index is -0.619. The number of ether oxygens (including phenoxy) is 2. The van der Waals surface area contributed by atoms with Crippen LogP contribution in [0.4, 0.5) is 10.5 Å². The van der Waals surface area contributed by atoms with Crippen LogP contribution >= 0.6 is 12.2 Å². The fourth-order valence-electron chi connectivity index (χ4n) is 1.23. The molecule has 1 aromatic rings. The van der Waals surface area contributed by atoms with Crippen LogP contribution in [0.3, 0.4) is 0 Å². The van der Waals surface area contributed by atoms with Crippen LogP contribution < -0.4 is 10.6 Å². The third-order valence-electron chi connectivity index (χ3n) is 2.05. The number of esters is 1. The Morgan fingerprint density at radius 3 is 2.42 bits per heavy atom. The van der Waals surface area contributed by atoms with Crippen molar-refractivity contribution in [3.05, 3.63) is 29.8 Å². The van der Waals surface area contributed by atoms with Gasteiger partial charge in [-0.15, -0.1) is 0 Å². The zero-order valence-corrected chi connectivity index (χ0v) is 11.4. The second-order valence-corrected chi connectivity index (χ2v) is 3.78. The van der Waals surface area contributed by atoms with Gasteiger partial charge < -0.3 is 14.8 Å². The van der Waals surface area contributed by atoms with E-state index in [0.717, 1.165) is 0 Å². The first-order chi connectivity index (χ1) is 9.06. The van der Waals surface area contributed by atoms with Crippen LogP contribution in [0.1, 0.15) is 17.3 Å². The van der Waals surface area contributed by atoms with Crippen molar-refractivity contribution in [2.24, 2.45) is 0 Å². The van der Waals surface area contributed by atoms with Gasteiger partial charge in [-0.3, -0.25) is 5.32 Å². The predicted octanol–water partition coefficient (Wildman–Crippen LogP) is 1.92. The quantitative estimate of drug-likeness (QED) is 0.651. The minimum absolute atomic E-state index is 0.115. The number of hydrogen-bond acceptors (Lipinski definition) is 5. The Labute approximate surface area is 116 Å². The van der Waals surface area contributed by atoms with E-state index in [-0.39, 0.29) is 11.7 Å². The lowest BCUT2D eigenvalue weighted by atomic mass is 10.2. The van der Waals surface area contributed by atoms with Crippen LogP contribution in [0.15, 0.2) is 24.3 Å². The van der Waals surface area contributed by atoms with Gasteiger partial charge in [0, 0.05) is 5.69 Å². The standard InChI is InChI=1S/C12H14N2O4S/c1-3-18-12(16)14-11(19)13-9-6-4-8(5-7-9)10(15)17-2/h4-7H,3H2,1-2H3,(H2,13,14,16,19). The van der Waals surface area contributed by atoms with E-state index in [0.29, 0.717) is 11.3 Å². The number of benzene rings is 1. The maximum absolute atomic E-state index is 11.2. The van der Waals surface area contributed by atoms with E-state index in [1.807, 2.05) is 0 Å². The number of amides is 1. The molecule has 0 unspecified atom stereocenters. The third-order valence-corrected chi connectivity index (χ3v) is 2.26. The number of methoxy groups -OCH3 is 1. The number of hydrogen-bond donors (Lipinski definition) is 2. The normalized spacial score (nSPS) is 9.37. The second-order valence-electron chi connectivity index (χ2n) is 3.37. The van der Waals surface area contributed by atoms with Crippen molar-refractivity contribution in [2.45, 2.75) is 6.92 Å². The van der Waals surface area contributed by atoms with Gasteiger partial charge in [0.1, 0.15) is 0 Å². The topological polar surface area (TPSA) is 76.7 Å². The molecule has 2 N–H and O–H groups in total. The number of carbonyl (C=O) groups excluding carboxylic acids is 2. The maximum atomic E-state index is 11.2. The number of rotatable bonds is 3. The van der Waals surface area contributed by atoms with E-state index < -0.39 is 12.1 Å². The van der Waals surface area contributed by atoms with Crippen molar-refractivity contribution in [3.8, 4) is 0 Å². The summed E-state index contributed by atoms with van der Waals surface area (Å²) >= 11 is 4.92. The molecule has 0 aliphatic heterocycles. The van der Waals surface area contributed by atoms with E-state index in [1.165, 1.54) is 7.11 Å². The van der Waals surface area contributed by atoms with Crippen molar-refractivity contribution in [3.63, 3.8) is 0 Å². The Hall–Kier alpha value is -2.15. The first-order valence-corrected chi connectivity index (χ1v) is 5.90. The lowest BCUT2D eigenvalue weighted by Crippen LogP contribution is -2.34. The summed E-state index contributed by atoms with van der Waals surface area (Å²) in [5.41, 5.74) is 1.06. The predicted molar refractivity (Wildman–Crippen MR) is 74.2 cm³/mol. The Morgan fingerprint density at radius 1 is 1.26 bits per heavy atom. The number of nitrogens with one attached hydrogen (secondary N) is 2. The van der Waals surface area contributed by atoms with E-state index in [9.17, 15) is 9.59 Å². The smallest absolute Gasteiger partial charge is 0.413 e. The SMILES string of the molecule is CCOC(=O)NC(=S)Nc1ccc(C(=O)OC)cc1. The minimum Gasteiger partial charge on any atom is -0.465 e. The second kappa shape index (κ2) is 7.32. The van der Waals surface area contributed by atoms with Crippen LogP contribution in [0.2, 0.25) is 0 Å². The molecule has 1 rings (SSSR count). The van der Waals surface area contributed by atoms with Crippen molar-refractivity contribution in [2.75, 3.05) is 19.0 Å². The first-order valence-electron chi connectivity index (χ1n) is 5.50. The van der Waals surface area contributed by atoms with Crippen LogP contribution in [0.25, 0.3) is 0 Å². The zero-order valence-electron chi connectivity index (χ0n) is 10.6. The van der Waals surface area contributed by atoms with E-state index in [4.69, 9.17) is 12.2 Å². The van der Waals surface area contributed by atoms with E-state index >= 15 is 0 Å². The van der Waals surface area contributed by atoms with Crippen molar-refractivity contribution in [1.82, 2.24) is 5.32 Å². The molecule has 0 radical (unpaired) electrons. The van der Waals surface area contributed by atoms with Crippen LogP contribution in [-0.2, 0) is 9.47 Å². The summed E-state index contributed by atoms with van der Waals surface area (Å²) in [7, 11) is 1.31. The molecule has 0 spiro atoms. The molecule has 0 heterocycles. The molecule has 0 atom stereocenters. The molecule has 1 aromatic carbocycles. The molecule has 0 aromatic heterocycles. The molecule has 1 amide bonds. The summed E-state index contributed by atoms with van der Waals surface area (Å²) < 4.78 is 9.25. The Kier molecular flexibility index (Phi) is 5.74. The largest absolute Gasteiger partial charge is 0.465 e. The average molecular weight is 282 g/mol. The molecule has 7 heteroatoms. The molecule has 0 aliphatic rings. The Morgan fingerprint density at radius 2 is 1.89 bits per heavy atom. The van der Waals surface area contributed by atoms with E-state index in [1.54, 1.807) is 31.2 Å². The fourth-order valence-corrected chi connectivity index (χ4v) is 1.43. The summed E-state index contributed by atoms with van der Waals surface area (Å²) in [6.07, 6.45) is -0.619. The van der Waals surface area contributed by atoms with Gasteiger partial charge in [0.2, 0.25) is 0 Å². The molecular formula is C12H14N2O4S. The molecule has 0 fully saturated rings. The molecule has 19 heavy (non-hydrogen) atoms. The summed E-state index contributed by atoms with van der Waals surface area (Å²) in [6, 6.07) is 6.46. The number of carbonyl (C=O) groups is 2. The van der Waals surface area contributed by atoms with Crippen molar-refractivity contribution in [1.29, 1.82) is 0 Å². The molecule has 102 valence electrons. The van der Waals surface area contributed by atoms with E-state index in [2.05, 4.69) is 20.1 Å². The van der Waals surface area contributed by atoms with Gasteiger partial charge >= 0.3 is 12.1 Å². The third kappa shape index (κ3) is 4.92. The first kappa shape index (κ1) is 14.9. The van der Waals surface area contributed by atoms with Gasteiger partial charge in [-0.05, 0) is 43.4 Å². The van der Waals surface area contributed by atoms with Crippen LogP contribution in [0.5, 0.6) is 0 Å². The maximum Gasteiger partial charge on any atom is 0.413 e. The molecular weight excluding hydrogens is 268 g/mol. The summed E-state index contributed by atoms with van der Waals surface area (Å²) in [4.78, 5) is 22.3. The van der Waals surface area contributed by atoms with Gasteiger partial charge in [-0.25, -0.2) is 9.59 Å². The van der Waals surface area contributed by atoms with Gasteiger partial charge in [-0.1, -0.05) is 0 Å². The Bertz CT molecular complexity index is 473. The summed E-state index contributed by atoms with van der Waals surface area (Å²) in [5.74, 6) is -0.418. The molecule has 0 saturated carbocycles. The lowest BCUT2D eigenvalue weighted by Gasteiger charge is -2.09. The summed E-state index contributed by atoms with van der Waals surface area (Å²) in [5, 5.41) is 5.24. The van der Waals surface area contributed by atoms with Gasteiger partial charge in [0.05, 0.1) is 19.3 Å². The summed E-state index contributed by atoms with van der Waals surface area (Å²) in [6.45, 7) is 1.96. The van der Waals surface area contributed by atoms with Crippen molar-refractivity contribution >= 4 is 35.1 Å². The fraction of sp³-hybridized carbons (Fsp3) is 0.250. The van der Waals surface area contributed by atoms with Gasteiger partial charge in [0.25, 0.3) is 0 Å². The average Bonchev–Trinajstić information content (AvgIpc) is 2.38. The lowest BCUT2D eigenvalue weighted by molar-refractivity contribution is 0.0600. The highest BCUT2D eigenvalue weighted by molar-refractivity contribution is 7.80. The van der Waals surface area contributed by atoms with Gasteiger partial charge in [-0.2, -0.15) is 0 Å². The van der Waals surface area contributed by atoms with Gasteiger partial charge in [0.15, 0.2) is 5.11 Å². The van der Waals surface area contributed by atoms with Crippen LogP contribution in [-0.4, -0.2) is 30.9 Å². The number of anilines is 1. The molecule has 0 aliphatic carbocycles. The monoisotopic (exact) mass is 282 g/mol. The van der Waals surface area contributed by atoms with Crippen LogP contribution in [0, 0.1) is 0 Å². The highest BCUT2D eigenvalue weighted by atomic mass is 32.1. The zero-order chi connectivity index (χ0) is 14.3. The molecule has 6 nitrogen and oxygen atoms in total. The highest BCUT2D eigenvalue weighted by Gasteiger charge is 2.06. The number of thiocarbonyl (C=S) groups is 1. The Balaban J connectivity index is 2.56. The number of alkyl carbamates (subject to hydrolysis) is 1.